The first-order valence-corrected chi connectivity index (χ1v) is 7.95. The van der Waals surface area contributed by atoms with Crippen LogP contribution in [0.3, 0.4) is 0 Å². The molecule has 0 N–H and O–H groups in total. The van der Waals surface area contributed by atoms with E-state index in [0.29, 0.717) is 12.1 Å². The second-order valence-corrected chi connectivity index (χ2v) is 6.32. The van der Waals surface area contributed by atoms with Crippen molar-refractivity contribution in [2.45, 2.75) is 32.7 Å². The molecule has 0 aliphatic carbocycles. The zero-order valence-electron chi connectivity index (χ0n) is 11.1. The highest BCUT2D eigenvalue weighted by atomic mass is 32.2. The molecule has 0 unspecified atom stereocenters. The van der Waals surface area contributed by atoms with E-state index in [9.17, 15) is 8.42 Å². The van der Waals surface area contributed by atoms with Crippen LogP contribution in [0.5, 0.6) is 0 Å². The van der Waals surface area contributed by atoms with E-state index >= 15 is 0 Å². The van der Waals surface area contributed by atoms with Crippen LogP contribution in [0.4, 0.5) is 0 Å². The molecule has 0 aliphatic rings. The molecule has 1 aromatic rings. The summed E-state index contributed by atoms with van der Waals surface area (Å²) in [6.45, 7) is 2.40. The van der Waals surface area contributed by atoms with Crippen LogP contribution in [0, 0.1) is 11.3 Å². The van der Waals surface area contributed by atoms with Crippen molar-refractivity contribution in [1.82, 2.24) is 9.29 Å². The van der Waals surface area contributed by atoms with Crippen LogP contribution in [0.2, 0.25) is 0 Å². The van der Waals surface area contributed by atoms with Crippen molar-refractivity contribution in [2.75, 3.05) is 12.3 Å². The molecular weight excluding hydrogens is 262 g/mol. The van der Waals surface area contributed by atoms with Crippen molar-refractivity contribution in [3.05, 3.63) is 30.1 Å². The molecule has 0 saturated carbocycles. The third kappa shape index (κ3) is 5.37. The maximum atomic E-state index is 12.2. The summed E-state index contributed by atoms with van der Waals surface area (Å²) in [6.07, 6.45) is 3.29. The molecule has 0 spiro atoms. The Balaban J connectivity index is 2.80. The summed E-state index contributed by atoms with van der Waals surface area (Å²) >= 11 is 0. The molecule has 1 rings (SSSR count). The van der Waals surface area contributed by atoms with E-state index in [2.05, 4.69) is 4.98 Å². The Bertz CT molecular complexity index is 508. The number of unbranched alkanes of at least 4 members (excludes halogenated alkanes) is 1. The minimum atomic E-state index is -3.31. The van der Waals surface area contributed by atoms with Gasteiger partial charge < -0.3 is 0 Å². The number of hydrogen-bond acceptors (Lipinski definition) is 4. The molecule has 0 radical (unpaired) electrons. The third-order valence-electron chi connectivity index (χ3n) is 2.69. The Morgan fingerprint density at radius 1 is 1.42 bits per heavy atom. The third-order valence-corrected chi connectivity index (χ3v) is 4.59. The van der Waals surface area contributed by atoms with Gasteiger partial charge in [0.15, 0.2) is 0 Å². The molecule has 0 atom stereocenters. The smallest absolute Gasteiger partial charge is 0.214 e. The largest absolute Gasteiger partial charge is 0.260 e. The molecule has 0 aromatic carbocycles. The summed E-state index contributed by atoms with van der Waals surface area (Å²) in [7, 11) is -3.31. The number of nitriles is 1. The highest BCUT2D eigenvalue weighted by molar-refractivity contribution is 7.89. The lowest BCUT2D eigenvalue weighted by molar-refractivity contribution is 0.408. The molecule has 104 valence electrons. The summed E-state index contributed by atoms with van der Waals surface area (Å²) < 4.78 is 25.7. The van der Waals surface area contributed by atoms with E-state index in [0.717, 1.165) is 6.42 Å². The van der Waals surface area contributed by atoms with Gasteiger partial charge in [-0.25, -0.2) is 8.42 Å². The van der Waals surface area contributed by atoms with Crippen molar-refractivity contribution >= 4 is 10.0 Å². The lowest BCUT2D eigenvalue weighted by atomic mass is 10.3. The van der Waals surface area contributed by atoms with Gasteiger partial charge in [0.25, 0.3) is 0 Å². The quantitative estimate of drug-likeness (QED) is 0.729. The van der Waals surface area contributed by atoms with Crippen molar-refractivity contribution in [2.24, 2.45) is 0 Å². The van der Waals surface area contributed by atoms with Gasteiger partial charge in [0.1, 0.15) is 0 Å². The Morgan fingerprint density at radius 3 is 2.79 bits per heavy atom. The van der Waals surface area contributed by atoms with E-state index in [1.165, 1.54) is 4.31 Å². The van der Waals surface area contributed by atoms with Crippen LogP contribution in [0.15, 0.2) is 24.4 Å². The topological polar surface area (TPSA) is 74.1 Å². The second-order valence-electron chi connectivity index (χ2n) is 4.23. The van der Waals surface area contributed by atoms with Crippen molar-refractivity contribution in [3.8, 4) is 6.07 Å². The second kappa shape index (κ2) is 7.87. The zero-order valence-corrected chi connectivity index (χ0v) is 11.9. The van der Waals surface area contributed by atoms with E-state index in [4.69, 9.17) is 5.26 Å². The molecule has 0 amide bonds. The van der Waals surface area contributed by atoms with E-state index in [1.54, 1.807) is 18.3 Å². The fourth-order valence-corrected chi connectivity index (χ4v) is 3.23. The molecule has 19 heavy (non-hydrogen) atoms. The highest BCUT2D eigenvalue weighted by Crippen LogP contribution is 2.10. The van der Waals surface area contributed by atoms with Gasteiger partial charge >= 0.3 is 0 Å². The first-order chi connectivity index (χ1) is 9.10. The minimum absolute atomic E-state index is 0.127. The highest BCUT2D eigenvalue weighted by Gasteiger charge is 2.21. The summed E-state index contributed by atoms with van der Waals surface area (Å²) in [5, 5.41) is 8.64. The Kier molecular flexibility index (Phi) is 6.46. The van der Waals surface area contributed by atoms with Crippen LogP contribution < -0.4 is 0 Å². The fourth-order valence-electron chi connectivity index (χ4n) is 1.62. The monoisotopic (exact) mass is 281 g/mol. The Labute approximate surface area is 114 Å². The summed E-state index contributed by atoms with van der Waals surface area (Å²) in [5.74, 6) is 0.127. The predicted molar refractivity (Wildman–Crippen MR) is 73.6 cm³/mol. The number of nitrogens with zero attached hydrogens (tertiary/aromatic N) is 3. The molecule has 6 heteroatoms. The first-order valence-electron chi connectivity index (χ1n) is 6.35. The Hall–Kier alpha value is -1.45. The van der Waals surface area contributed by atoms with Gasteiger partial charge in [-0.15, -0.1) is 0 Å². The van der Waals surface area contributed by atoms with E-state index in [-0.39, 0.29) is 25.3 Å². The molecule has 0 saturated heterocycles. The molecule has 0 bridgehead atoms. The predicted octanol–water partition coefficient (Wildman–Crippen LogP) is 1.93. The van der Waals surface area contributed by atoms with Crippen molar-refractivity contribution in [3.63, 3.8) is 0 Å². The van der Waals surface area contributed by atoms with Gasteiger partial charge in [-0.05, 0) is 18.6 Å². The zero-order chi connectivity index (χ0) is 14.1. The SMILES string of the molecule is CCCCS(=O)(=O)N(CCC#N)Cc1ccccn1. The average Bonchev–Trinajstić information content (AvgIpc) is 2.42. The minimum Gasteiger partial charge on any atom is -0.260 e. The molecule has 1 heterocycles. The summed E-state index contributed by atoms with van der Waals surface area (Å²) in [5.41, 5.74) is 0.695. The van der Waals surface area contributed by atoms with E-state index < -0.39 is 10.0 Å². The maximum absolute atomic E-state index is 12.2. The van der Waals surface area contributed by atoms with Crippen molar-refractivity contribution in [1.29, 1.82) is 5.26 Å². The number of aromatic nitrogens is 1. The fraction of sp³-hybridized carbons (Fsp3) is 0.538. The molecule has 5 nitrogen and oxygen atoms in total. The van der Waals surface area contributed by atoms with Gasteiger partial charge in [-0.3, -0.25) is 4.98 Å². The standard InChI is InChI=1S/C13H19N3O2S/c1-2-3-11-19(17,18)16(10-6-8-14)12-13-7-4-5-9-15-13/h4-5,7,9H,2-3,6,10-12H2,1H3. The number of pyridine rings is 1. The lowest BCUT2D eigenvalue weighted by Crippen LogP contribution is -2.33. The summed E-state index contributed by atoms with van der Waals surface area (Å²) in [6, 6.07) is 7.38. The van der Waals surface area contributed by atoms with Gasteiger partial charge in [0.05, 0.1) is 24.1 Å². The molecule has 0 aliphatic heterocycles. The van der Waals surface area contributed by atoms with Crippen LogP contribution in [0.25, 0.3) is 0 Å². The van der Waals surface area contributed by atoms with Gasteiger partial charge in [0.2, 0.25) is 10.0 Å². The number of hydrogen-bond donors (Lipinski definition) is 0. The number of sulfonamides is 1. The van der Waals surface area contributed by atoms with Gasteiger partial charge in [0, 0.05) is 19.2 Å². The first kappa shape index (κ1) is 15.6. The van der Waals surface area contributed by atoms with Gasteiger partial charge in [-0.1, -0.05) is 19.4 Å². The van der Waals surface area contributed by atoms with Crippen LogP contribution in [-0.4, -0.2) is 30.0 Å². The molecular formula is C13H19N3O2S. The van der Waals surface area contributed by atoms with Crippen LogP contribution >= 0.6 is 0 Å². The van der Waals surface area contributed by atoms with Crippen molar-refractivity contribution < 1.29 is 8.42 Å². The lowest BCUT2D eigenvalue weighted by Gasteiger charge is -2.20. The maximum Gasteiger partial charge on any atom is 0.214 e. The van der Waals surface area contributed by atoms with Crippen LogP contribution in [0.1, 0.15) is 31.9 Å². The van der Waals surface area contributed by atoms with Gasteiger partial charge in [-0.2, -0.15) is 9.57 Å². The normalized spacial score (nSPS) is 11.4. The Morgan fingerprint density at radius 2 is 2.21 bits per heavy atom. The van der Waals surface area contributed by atoms with E-state index in [1.807, 2.05) is 19.1 Å². The van der Waals surface area contributed by atoms with Crippen LogP contribution in [-0.2, 0) is 16.6 Å². The number of rotatable bonds is 8. The average molecular weight is 281 g/mol. The molecule has 0 fully saturated rings. The molecule has 1 aromatic heterocycles. The summed E-state index contributed by atoms with van der Waals surface area (Å²) in [4.78, 5) is 4.13.